The summed E-state index contributed by atoms with van der Waals surface area (Å²) in [5.74, 6) is -2.45. The number of hydrogen-bond acceptors (Lipinski definition) is 7. The minimum atomic E-state index is -1.10. The van der Waals surface area contributed by atoms with Crippen LogP contribution in [0.25, 0.3) is 22.3 Å². The maximum absolute atomic E-state index is 12.3. The standard InChI is InChI=1S/C22H20ClNO3S.C20H17NO4S/c23-17-12-10-16(11-13-17)18-14-28-21(20(18)22(26)27)24-19(25)9-5-4-8-15-6-2-1-3-7-15;22-15-9-7-14(8-10-15)16-12-26-19(18(16)20(24)25)21-17(23)11-6-13-4-2-1-3-5-13/h1-3,6-7,10-14H,4-5,8-9H2,(H,24,25)(H,26,27);1-5,7-10,12,22H,6,11H2,(H,21,23)(H,24,25). The Morgan fingerprint density at radius 1 is 0.556 bits per heavy atom. The molecule has 54 heavy (non-hydrogen) atoms. The number of aryl methyl sites for hydroxylation is 2. The third kappa shape index (κ3) is 11.1. The van der Waals surface area contributed by atoms with Gasteiger partial charge in [-0.05, 0) is 72.2 Å². The van der Waals surface area contributed by atoms with E-state index in [1.807, 2.05) is 48.5 Å². The van der Waals surface area contributed by atoms with Gasteiger partial charge in [-0.2, -0.15) is 0 Å². The monoisotopic (exact) mass is 780 g/mol. The lowest BCUT2D eigenvalue weighted by Gasteiger charge is -2.06. The van der Waals surface area contributed by atoms with Gasteiger partial charge in [0.2, 0.25) is 11.8 Å². The Morgan fingerprint density at radius 2 is 1.00 bits per heavy atom. The average Bonchev–Trinajstić information content (AvgIpc) is 3.79. The summed E-state index contributed by atoms with van der Waals surface area (Å²) in [6, 6.07) is 33.0. The molecule has 0 unspecified atom stereocenters. The van der Waals surface area contributed by atoms with E-state index in [-0.39, 0.29) is 35.1 Å². The van der Waals surface area contributed by atoms with Crippen LogP contribution in [0.1, 0.15) is 57.5 Å². The number of hydrogen-bond donors (Lipinski definition) is 5. The minimum Gasteiger partial charge on any atom is -0.508 e. The molecule has 6 aromatic rings. The van der Waals surface area contributed by atoms with Crippen LogP contribution >= 0.6 is 34.3 Å². The third-order valence-corrected chi connectivity index (χ3v) is 10.3. The topological polar surface area (TPSA) is 153 Å². The highest BCUT2D eigenvalue weighted by molar-refractivity contribution is 7.15. The molecule has 0 aliphatic carbocycles. The number of rotatable bonds is 14. The zero-order valence-corrected chi connectivity index (χ0v) is 31.3. The van der Waals surface area contributed by atoms with E-state index >= 15 is 0 Å². The molecule has 0 aliphatic rings. The first-order chi connectivity index (χ1) is 26.1. The van der Waals surface area contributed by atoms with Gasteiger partial charge in [0.15, 0.2) is 0 Å². The second-order valence-corrected chi connectivity index (χ2v) is 14.3. The Kier molecular flexibility index (Phi) is 14.1. The molecule has 2 amide bonds. The molecule has 2 heterocycles. The van der Waals surface area contributed by atoms with Gasteiger partial charge in [0, 0.05) is 39.8 Å². The number of aromatic hydroxyl groups is 1. The summed E-state index contributed by atoms with van der Waals surface area (Å²) in [5.41, 5.74) is 5.00. The molecule has 276 valence electrons. The number of carbonyl (C=O) groups is 4. The number of aromatic carboxylic acids is 2. The van der Waals surface area contributed by atoms with Crippen LogP contribution in [0, 0.1) is 0 Å². The van der Waals surface area contributed by atoms with Gasteiger partial charge in [0.1, 0.15) is 26.9 Å². The quantitative estimate of drug-likeness (QED) is 0.0690. The second-order valence-electron chi connectivity index (χ2n) is 12.1. The Hall–Kier alpha value is -5.75. The fraction of sp³-hybridized carbons (Fsp3) is 0.143. The van der Waals surface area contributed by atoms with Crippen LogP contribution in [0.3, 0.4) is 0 Å². The van der Waals surface area contributed by atoms with Gasteiger partial charge in [0.25, 0.3) is 0 Å². The molecule has 0 fully saturated rings. The normalized spacial score (nSPS) is 10.5. The van der Waals surface area contributed by atoms with Crippen molar-refractivity contribution in [2.24, 2.45) is 0 Å². The van der Waals surface area contributed by atoms with Gasteiger partial charge in [0.05, 0.1) is 0 Å². The van der Waals surface area contributed by atoms with E-state index in [4.69, 9.17) is 11.6 Å². The Bertz CT molecular complexity index is 2180. The van der Waals surface area contributed by atoms with Gasteiger partial charge < -0.3 is 26.0 Å². The Balaban J connectivity index is 0.000000208. The number of benzene rings is 4. The first-order valence-corrected chi connectivity index (χ1v) is 19.1. The van der Waals surface area contributed by atoms with Crippen molar-refractivity contribution in [1.29, 1.82) is 0 Å². The van der Waals surface area contributed by atoms with Crippen molar-refractivity contribution in [3.8, 4) is 28.0 Å². The number of nitrogens with one attached hydrogen (secondary N) is 2. The summed E-state index contributed by atoms with van der Waals surface area (Å²) in [7, 11) is 0. The fourth-order valence-electron chi connectivity index (χ4n) is 5.56. The van der Waals surface area contributed by atoms with E-state index in [0.717, 1.165) is 30.4 Å². The first-order valence-electron chi connectivity index (χ1n) is 17.0. The lowest BCUT2D eigenvalue weighted by Crippen LogP contribution is -2.14. The number of thiophene rings is 2. The zero-order valence-electron chi connectivity index (χ0n) is 29.0. The van der Waals surface area contributed by atoms with Crippen LogP contribution in [0.4, 0.5) is 10.0 Å². The van der Waals surface area contributed by atoms with Crippen LogP contribution in [-0.2, 0) is 22.4 Å². The molecule has 0 saturated carbocycles. The molecule has 0 atom stereocenters. The predicted molar refractivity (Wildman–Crippen MR) is 216 cm³/mol. The molecule has 12 heteroatoms. The number of unbranched alkanes of at least 4 members (excludes halogenated alkanes) is 1. The second kappa shape index (κ2) is 19.4. The highest BCUT2D eigenvalue weighted by Gasteiger charge is 2.22. The molecule has 6 rings (SSSR count). The molecule has 4 aromatic carbocycles. The number of halogens is 1. The summed E-state index contributed by atoms with van der Waals surface area (Å²) in [6.07, 6.45) is 3.80. The maximum atomic E-state index is 12.3. The van der Waals surface area contributed by atoms with Crippen molar-refractivity contribution >= 4 is 68.0 Å². The Morgan fingerprint density at radius 3 is 1.48 bits per heavy atom. The molecule has 0 radical (unpaired) electrons. The highest BCUT2D eigenvalue weighted by atomic mass is 35.5. The SMILES string of the molecule is O=C(CCCCc1ccccc1)Nc1scc(-c2ccc(Cl)cc2)c1C(=O)O.O=C(CCc1ccccc1)Nc1scc(-c2ccc(O)cc2)c1C(=O)O. The van der Waals surface area contributed by atoms with Gasteiger partial charge in [-0.15, -0.1) is 22.7 Å². The fourth-order valence-corrected chi connectivity index (χ4v) is 7.64. The van der Waals surface area contributed by atoms with E-state index in [9.17, 15) is 34.5 Å². The molecule has 0 bridgehead atoms. The first kappa shape index (κ1) is 39.5. The van der Waals surface area contributed by atoms with Gasteiger partial charge >= 0.3 is 11.9 Å². The number of carbonyl (C=O) groups excluding carboxylic acids is 2. The smallest absolute Gasteiger partial charge is 0.339 e. The van der Waals surface area contributed by atoms with Gasteiger partial charge in [-0.1, -0.05) is 96.5 Å². The van der Waals surface area contributed by atoms with Crippen molar-refractivity contribution in [2.75, 3.05) is 10.6 Å². The number of anilines is 2. The molecule has 0 spiro atoms. The maximum Gasteiger partial charge on any atom is 0.339 e. The molecule has 5 N–H and O–H groups in total. The lowest BCUT2D eigenvalue weighted by atomic mass is 10.0. The molecular weight excluding hydrogens is 744 g/mol. The molecular formula is C42H37ClN2O7S2. The molecule has 0 aliphatic heterocycles. The van der Waals surface area contributed by atoms with Crippen molar-refractivity contribution in [3.05, 3.63) is 147 Å². The minimum absolute atomic E-state index is 0.0637. The number of carboxylic acids is 2. The van der Waals surface area contributed by atoms with Crippen LogP contribution < -0.4 is 10.6 Å². The lowest BCUT2D eigenvalue weighted by molar-refractivity contribution is -0.117. The van der Waals surface area contributed by atoms with Crippen LogP contribution in [0.15, 0.2) is 120 Å². The van der Waals surface area contributed by atoms with E-state index in [1.165, 1.54) is 40.4 Å². The predicted octanol–water partition coefficient (Wildman–Crippen LogP) is 10.5. The van der Waals surface area contributed by atoms with E-state index in [1.54, 1.807) is 47.2 Å². The van der Waals surface area contributed by atoms with Gasteiger partial charge in [-0.3, -0.25) is 9.59 Å². The Labute approximate surface area is 325 Å². The number of phenols is 1. The third-order valence-electron chi connectivity index (χ3n) is 8.29. The zero-order chi connectivity index (χ0) is 38.5. The molecule has 0 saturated heterocycles. The van der Waals surface area contributed by atoms with Gasteiger partial charge in [-0.25, -0.2) is 9.59 Å². The number of phenolic OH excluding ortho intramolecular Hbond substituents is 1. The van der Waals surface area contributed by atoms with Crippen LogP contribution in [0.2, 0.25) is 5.02 Å². The number of amides is 2. The van der Waals surface area contributed by atoms with Crippen molar-refractivity contribution in [3.63, 3.8) is 0 Å². The molecule has 9 nitrogen and oxygen atoms in total. The highest BCUT2D eigenvalue weighted by Crippen LogP contribution is 2.37. The van der Waals surface area contributed by atoms with E-state index in [2.05, 4.69) is 22.8 Å². The summed E-state index contributed by atoms with van der Waals surface area (Å²) < 4.78 is 0. The van der Waals surface area contributed by atoms with E-state index < -0.39 is 11.9 Å². The summed E-state index contributed by atoms with van der Waals surface area (Å²) in [6.45, 7) is 0. The van der Waals surface area contributed by atoms with Crippen LogP contribution in [0.5, 0.6) is 5.75 Å². The van der Waals surface area contributed by atoms with Crippen LogP contribution in [-0.4, -0.2) is 39.1 Å². The van der Waals surface area contributed by atoms with Crippen molar-refractivity contribution in [2.45, 2.75) is 38.5 Å². The summed E-state index contributed by atoms with van der Waals surface area (Å²) >= 11 is 8.30. The summed E-state index contributed by atoms with van der Waals surface area (Å²) in [5, 5.41) is 38.8. The summed E-state index contributed by atoms with van der Waals surface area (Å²) in [4.78, 5) is 48.0. The van der Waals surface area contributed by atoms with E-state index in [0.29, 0.717) is 44.6 Å². The van der Waals surface area contributed by atoms with Crippen molar-refractivity contribution < 1.29 is 34.5 Å². The average molecular weight is 781 g/mol. The van der Waals surface area contributed by atoms with Crippen molar-refractivity contribution in [1.82, 2.24) is 0 Å². The largest absolute Gasteiger partial charge is 0.508 e. The molecule has 2 aromatic heterocycles. The number of carboxylic acid groups (broad SMARTS) is 2.